The summed E-state index contributed by atoms with van der Waals surface area (Å²) in [5.74, 6) is -0.932. The topological polar surface area (TPSA) is 103 Å². The molecule has 49 heavy (non-hydrogen) atoms. The van der Waals surface area contributed by atoms with Crippen molar-refractivity contribution < 1.29 is 22.3 Å². The Balaban J connectivity index is 1.36. The molecule has 3 N–H and O–H groups in total. The molecule has 0 amide bonds. The largest absolute Gasteiger partial charge is 0.461 e. The summed E-state index contributed by atoms with van der Waals surface area (Å²) >= 11 is 8.10. The van der Waals surface area contributed by atoms with Crippen LogP contribution in [0, 0.1) is 23.0 Å². The van der Waals surface area contributed by atoms with Crippen molar-refractivity contribution in [2.24, 2.45) is 0 Å². The van der Waals surface area contributed by atoms with Crippen LogP contribution in [-0.4, -0.2) is 65.3 Å². The number of rotatable bonds is 5. The van der Waals surface area contributed by atoms with Crippen LogP contribution in [0.25, 0.3) is 37.7 Å². The number of halogens is 5. The van der Waals surface area contributed by atoms with Crippen molar-refractivity contribution >= 4 is 60.3 Å². The number of hydrogen-bond donors (Lipinski definition) is 2. The maximum absolute atomic E-state index is 17.3. The lowest BCUT2D eigenvalue weighted by molar-refractivity contribution is 0.108. The second-order valence-electron chi connectivity index (χ2n) is 13.4. The number of piperazine rings is 1. The third kappa shape index (κ3) is 4.90. The molecule has 0 radical (unpaired) electrons. The highest BCUT2D eigenvalue weighted by molar-refractivity contribution is 7.23. The van der Waals surface area contributed by atoms with Crippen LogP contribution in [0.5, 0.6) is 6.01 Å². The lowest BCUT2D eigenvalue weighted by Crippen LogP contribution is -2.56. The quantitative estimate of drug-likeness (QED) is 0.204. The molecule has 3 atom stereocenters. The summed E-state index contributed by atoms with van der Waals surface area (Å²) in [7, 11) is 0. The fourth-order valence-electron chi connectivity index (χ4n) is 8.25. The van der Waals surface area contributed by atoms with Gasteiger partial charge in [-0.15, -0.1) is 11.3 Å². The molecule has 1 unspecified atom stereocenters. The van der Waals surface area contributed by atoms with Crippen LogP contribution in [0.15, 0.2) is 30.4 Å². The zero-order chi connectivity index (χ0) is 34.4. The Morgan fingerprint density at radius 3 is 2.84 bits per heavy atom. The van der Waals surface area contributed by atoms with Gasteiger partial charge in [-0.3, -0.25) is 4.90 Å². The van der Waals surface area contributed by atoms with Gasteiger partial charge in [0.1, 0.15) is 34.8 Å². The fourth-order valence-corrected chi connectivity index (χ4v) is 9.61. The Morgan fingerprint density at radius 2 is 2.08 bits per heavy atom. The van der Waals surface area contributed by atoms with Gasteiger partial charge in [-0.05, 0) is 55.9 Å². The van der Waals surface area contributed by atoms with E-state index in [-0.39, 0.29) is 85.6 Å². The third-order valence-electron chi connectivity index (χ3n) is 10.7. The van der Waals surface area contributed by atoms with Crippen LogP contribution in [0.3, 0.4) is 0 Å². The molecule has 0 aliphatic carbocycles. The minimum atomic E-state index is -1.66. The minimum absolute atomic E-state index is 0.0334. The number of benzene rings is 2. The van der Waals surface area contributed by atoms with E-state index in [2.05, 4.69) is 28.7 Å². The number of ether oxygens (including phenoxy) is 1. The first-order valence-corrected chi connectivity index (χ1v) is 17.5. The minimum Gasteiger partial charge on any atom is -0.461 e. The summed E-state index contributed by atoms with van der Waals surface area (Å²) in [6.07, 6.45) is 1.39. The van der Waals surface area contributed by atoms with Gasteiger partial charge in [-0.2, -0.15) is 24.0 Å². The van der Waals surface area contributed by atoms with E-state index in [0.717, 1.165) is 24.2 Å². The highest BCUT2D eigenvalue weighted by Gasteiger charge is 2.48. The highest BCUT2D eigenvalue weighted by Crippen LogP contribution is 2.51. The number of nitrogens with two attached hydrogens (primary N) is 1. The molecule has 0 bridgehead atoms. The molecule has 254 valence electrons. The smallest absolute Gasteiger partial charge is 0.319 e. The standard InChI is InChI=1S/C35H32ClF4N7OS/c1-3-18-14-47-19(12-43-18)9-16(2)23-26-29(28(38)25(27(23)36)20-5-6-22(37)30-24(20)21(11-41)32(42)49-30)44-34(45-33(26)47)48-15-35-7-4-8-46(35)13-17(10-35)31(39)40/h5-6,18-19,43H,2-4,7-10,12-15,42H2,1H3/t18-,19-,35?/m1/s1. The van der Waals surface area contributed by atoms with Gasteiger partial charge in [0.25, 0.3) is 6.08 Å². The number of nitrogens with zero attached hydrogens (tertiary/aromatic N) is 5. The molecule has 8 nitrogen and oxygen atoms in total. The average molecular weight is 710 g/mol. The summed E-state index contributed by atoms with van der Waals surface area (Å²) < 4.78 is 66.1. The number of nitrogens with one attached hydrogen (secondary N) is 1. The van der Waals surface area contributed by atoms with Gasteiger partial charge in [0, 0.05) is 53.8 Å². The second-order valence-corrected chi connectivity index (χ2v) is 14.8. The summed E-state index contributed by atoms with van der Waals surface area (Å²) in [6.45, 7) is 8.59. The Morgan fingerprint density at radius 1 is 1.27 bits per heavy atom. The van der Waals surface area contributed by atoms with Crippen LogP contribution >= 0.6 is 22.9 Å². The highest BCUT2D eigenvalue weighted by atomic mass is 35.5. The predicted molar refractivity (Wildman–Crippen MR) is 184 cm³/mol. The molecule has 2 aromatic heterocycles. The van der Waals surface area contributed by atoms with Crippen molar-refractivity contribution in [1.29, 1.82) is 5.26 Å². The molecule has 4 aliphatic heterocycles. The van der Waals surface area contributed by atoms with Crippen molar-refractivity contribution in [3.8, 4) is 23.2 Å². The first-order valence-electron chi connectivity index (χ1n) is 16.3. The SMILES string of the molecule is C=C1C[C@@H]2CN[C@H](CC)CN2c2nc(OCC34CCCN3CC(=C(F)F)C4)nc3c(F)c(-c4ccc(F)c5sc(N)c(C#N)c45)c(Cl)c1c23. The maximum atomic E-state index is 17.3. The van der Waals surface area contributed by atoms with Crippen molar-refractivity contribution in [3.63, 3.8) is 0 Å². The predicted octanol–water partition coefficient (Wildman–Crippen LogP) is 7.64. The summed E-state index contributed by atoms with van der Waals surface area (Å²) in [6, 6.07) is 4.62. The second kappa shape index (κ2) is 11.8. The molecule has 8 rings (SSSR count). The molecule has 6 heterocycles. The van der Waals surface area contributed by atoms with E-state index in [0.29, 0.717) is 54.8 Å². The molecule has 3 saturated heterocycles. The molecule has 14 heteroatoms. The number of thiophene rings is 1. The Labute approximate surface area is 288 Å². The molecule has 2 aromatic carbocycles. The fraction of sp³-hybridized carbons (Fsp3) is 0.400. The van der Waals surface area contributed by atoms with Gasteiger partial charge in [-0.1, -0.05) is 31.2 Å². The van der Waals surface area contributed by atoms with Crippen LogP contribution in [0.2, 0.25) is 5.02 Å². The number of nitrogen functional groups attached to an aromatic ring is 1. The van der Waals surface area contributed by atoms with E-state index in [1.165, 1.54) is 12.1 Å². The molecule has 0 saturated carbocycles. The average Bonchev–Trinajstić information content (AvgIpc) is 3.73. The van der Waals surface area contributed by atoms with Crippen LogP contribution in [-0.2, 0) is 0 Å². The van der Waals surface area contributed by atoms with Crippen molar-refractivity contribution in [1.82, 2.24) is 20.2 Å². The molecule has 4 aromatic rings. The van der Waals surface area contributed by atoms with Gasteiger partial charge < -0.3 is 20.7 Å². The summed E-state index contributed by atoms with van der Waals surface area (Å²) in [5, 5.41) is 14.3. The Hall–Kier alpha value is -3.96. The van der Waals surface area contributed by atoms with E-state index < -0.39 is 23.3 Å². The maximum Gasteiger partial charge on any atom is 0.319 e. The molecule has 4 aliphatic rings. The van der Waals surface area contributed by atoms with E-state index in [4.69, 9.17) is 27.1 Å². The van der Waals surface area contributed by atoms with Crippen molar-refractivity contribution in [3.05, 3.63) is 58.1 Å². The monoisotopic (exact) mass is 709 g/mol. The Bertz CT molecular complexity index is 2160. The number of nitriles is 1. The van der Waals surface area contributed by atoms with E-state index >= 15 is 8.78 Å². The number of aromatic nitrogens is 2. The van der Waals surface area contributed by atoms with Gasteiger partial charge in [0.05, 0.1) is 26.2 Å². The normalized spacial score (nSPS) is 23.6. The lowest BCUT2D eigenvalue weighted by atomic mass is 9.91. The molecular weight excluding hydrogens is 678 g/mol. The van der Waals surface area contributed by atoms with Crippen molar-refractivity contribution in [2.75, 3.05) is 43.4 Å². The molecule has 0 spiro atoms. The Kier molecular flexibility index (Phi) is 7.79. The third-order valence-corrected chi connectivity index (χ3v) is 12.1. The molecular formula is C35H32ClF4N7OS. The summed E-state index contributed by atoms with van der Waals surface area (Å²) in [4.78, 5) is 13.7. The van der Waals surface area contributed by atoms with Gasteiger partial charge in [-0.25, -0.2) is 8.78 Å². The van der Waals surface area contributed by atoms with E-state index in [1.807, 2.05) is 11.0 Å². The zero-order valence-corrected chi connectivity index (χ0v) is 28.2. The van der Waals surface area contributed by atoms with Crippen LogP contribution in [0.4, 0.5) is 28.4 Å². The van der Waals surface area contributed by atoms with Gasteiger partial charge in [0.2, 0.25) is 0 Å². The number of anilines is 2. The lowest BCUT2D eigenvalue weighted by Gasteiger charge is -2.40. The molecule has 3 fully saturated rings. The van der Waals surface area contributed by atoms with Crippen LogP contribution in [0.1, 0.15) is 50.2 Å². The van der Waals surface area contributed by atoms with E-state index in [1.54, 1.807) is 0 Å². The first kappa shape index (κ1) is 32.3. The van der Waals surface area contributed by atoms with Gasteiger partial charge >= 0.3 is 6.01 Å². The number of hydrogen-bond acceptors (Lipinski definition) is 9. The number of fused-ring (bicyclic) bond motifs is 4. The summed E-state index contributed by atoms with van der Waals surface area (Å²) in [5.41, 5.74) is 6.83. The van der Waals surface area contributed by atoms with Crippen LogP contribution < -0.4 is 20.7 Å². The van der Waals surface area contributed by atoms with Gasteiger partial charge in [0.15, 0.2) is 5.82 Å². The zero-order valence-electron chi connectivity index (χ0n) is 26.6. The first-order chi connectivity index (χ1) is 23.5. The van der Waals surface area contributed by atoms with E-state index in [9.17, 15) is 14.0 Å². The van der Waals surface area contributed by atoms with Crippen molar-refractivity contribution in [2.45, 2.75) is 56.7 Å².